The maximum Gasteiger partial charge on any atom is 0.242 e. The molecule has 7 N–H and O–H groups in total. The number of likely N-dealkylation sites (N-methyl/N-ethyl adjacent to an activating group) is 1. The van der Waals surface area contributed by atoms with Crippen molar-refractivity contribution in [3.8, 4) is 0 Å². The van der Waals surface area contributed by atoms with E-state index in [1.165, 1.54) is 44.4 Å². The van der Waals surface area contributed by atoms with E-state index in [-0.39, 0.29) is 22.6 Å². The van der Waals surface area contributed by atoms with E-state index in [0.717, 1.165) is 4.90 Å². The second-order valence-corrected chi connectivity index (χ2v) is 6.48. The summed E-state index contributed by atoms with van der Waals surface area (Å²) in [6.07, 6.45) is 1.40. The summed E-state index contributed by atoms with van der Waals surface area (Å²) < 4.78 is 0. The van der Waals surface area contributed by atoms with Gasteiger partial charge in [0.2, 0.25) is 11.7 Å². The van der Waals surface area contributed by atoms with Crippen molar-refractivity contribution in [1.82, 2.24) is 9.88 Å². The van der Waals surface area contributed by atoms with Gasteiger partial charge in [0.25, 0.3) is 0 Å². The fourth-order valence-corrected chi connectivity index (χ4v) is 2.73. The third-order valence-corrected chi connectivity index (χ3v) is 4.62. The van der Waals surface area contributed by atoms with Gasteiger partial charge in [0.15, 0.2) is 11.3 Å². The minimum Gasteiger partial charge on any atom is -0.399 e. The maximum absolute atomic E-state index is 13.4. The van der Waals surface area contributed by atoms with Crippen molar-refractivity contribution in [3.05, 3.63) is 53.9 Å². The number of aliphatic hydroxyl groups excluding tert-OH is 1. The first-order chi connectivity index (χ1) is 13.1. The molecule has 1 amide bonds. The summed E-state index contributed by atoms with van der Waals surface area (Å²) in [5, 5.41) is 9.22. The van der Waals surface area contributed by atoms with Crippen LogP contribution in [-0.4, -0.2) is 57.7 Å². The Morgan fingerprint density at radius 1 is 1.18 bits per heavy atom. The van der Waals surface area contributed by atoms with Gasteiger partial charge >= 0.3 is 0 Å². The van der Waals surface area contributed by atoms with Crippen LogP contribution in [0.5, 0.6) is 0 Å². The molecule has 2 unspecified atom stereocenters. The topological polar surface area (TPSA) is 166 Å². The lowest BCUT2D eigenvalue weighted by Crippen LogP contribution is -2.62. The third-order valence-electron chi connectivity index (χ3n) is 4.62. The fourth-order valence-electron chi connectivity index (χ4n) is 2.73. The van der Waals surface area contributed by atoms with Crippen LogP contribution in [0.15, 0.2) is 42.6 Å². The molecule has 2 aromatic rings. The van der Waals surface area contributed by atoms with Crippen LogP contribution in [-0.2, 0) is 4.79 Å². The van der Waals surface area contributed by atoms with Crippen LogP contribution in [0.25, 0.3) is 0 Å². The fraction of sp³-hybridized carbons (Fsp3) is 0.263. The van der Waals surface area contributed by atoms with Crippen LogP contribution in [0.2, 0.25) is 0 Å². The first kappa shape index (κ1) is 21.0. The van der Waals surface area contributed by atoms with Gasteiger partial charge in [0.1, 0.15) is 11.7 Å². The summed E-state index contributed by atoms with van der Waals surface area (Å²) in [6, 6.07) is 7.62. The summed E-state index contributed by atoms with van der Waals surface area (Å²) in [7, 11) is 1.26. The first-order valence-electron chi connectivity index (χ1n) is 8.44. The Bertz CT molecular complexity index is 902. The van der Waals surface area contributed by atoms with E-state index in [9.17, 15) is 19.5 Å². The maximum atomic E-state index is 13.4. The number of benzene rings is 1. The Kier molecular flexibility index (Phi) is 6.12. The number of nitrogens with two attached hydrogens (primary N) is 3. The van der Waals surface area contributed by atoms with Gasteiger partial charge in [-0.2, -0.15) is 0 Å². The second kappa shape index (κ2) is 8.15. The predicted molar refractivity (Wildman–Crippen MR) is 104 cm³/mol. The molecule has 2 atom stereocenters. The summed E-state index contributed by atoms with van der Waals surface area (Å²) >= 11 is 0. The number of hydrogen-bond acceptors (Lipinski definition) is 8. The Morgan fingerprint density at radius 2 is 1.86 bits per heavy atom. The van der Waals surface area contributed by atoms with Crippen LogP contribution in [0.3, 0.4) is 0 Å². The average Bonchev–Trinajstić information content (AvgIpc) is 2.72. The van der Waals surface area contributed by atoms with E-state index in [1.54, 1.807) is 12.1 Å². The Balaban J connectivity index is 2.64. The zero-order valence-corrected chi connectivity index (χ0v) is 15.6. The van der Waals surface area contributed by atoms with Crippen LogP contribution < -0.4 is 17.2 Å². The van der Waals surface area contributed by atoms with E-state index in [1.807, 2.05) is 0 Å². The summed E-state index contributed by atoms with van der Waals surface area (Å²) in [6.45, 7) is 0.641. The molecule has 0 saturated carbocycles. The number of nitrogen functional groups attached to an aromatic ring is 2. The number of aliphatic hydroxyl groups is 1. The third kappa shape index (κ3) is 3.71. The SMILES string of the molecule is CN(C(=O)C(N)CO)C(C)(C(=O)c1ccccn1)C(=O)c1cc(N)ccc1N. The van der Waals surface area contributed by atoms with Crippen LogP contribution >= 0.6 is 0 Å². The lowest BCUT2D eigenvalue weighted by molar-refractivity contribution is -0.135. The smallest absolute Gasteiger partial charge is 0.242 e. The molecule has 0 aliphatic rings. The molecule has 148 valence electrons. The highest BCUT2D eigenvalue weighted by Crippen LogP contribution is 2.28. The van der Waals surface area contributed by atoms with Crippen LogP contribution in [0, 0.1) is 0 Å². The molecule has 0 aliphatic heterocycles. The molecule has 2 rings (SSSR count). The molecule has 0 spiro atoms. The van der Waals surface area contributed by atoms with Gasteiger partial charge in [-0.15, -0.1) is 0 Å². The van der Waals surface area contributed by atoms with E-state index in [0.29, 0.717) is 0 Å². The molecule has 0 bridgehead atoms. The van der Waals surface area contributed by atoms with Crippen molar-refractivity contribution in [2.75, 3.05) is 25.1 Å². The van der Waals surface area contributed by atoms with Crippen molar-refractivity contribution >= 4 is 28.8 Å². The van der Waals surface area contributed by atoms with Crippen molar-refractivity contribution < 1.29 is 19.5 Å². The molecule has 1 aromatic carbocycles. The van der Waals surface area contributed by atoms with Gasteiger partial charge in [-0.1, -0.05) is 6.07 Å². The van der Waals surface area contributed by atoms with E-state index in [4.69, 9.17) is 17.2 Å². The summed E-state index contributed by atoms with van der Waals surface area (Å²) in [4.78, 5) is 44.2. The summed E-state index contributed by atoms with van der Waals surface area (Å²) in [5.74, 6) is -2.25. The molecule has 1 aromatic heterocycles. The number of ketones is 2. The number of rotatable bonds is 7. The van der Waals surface area contributed by atoms with Crippen molar-refractivity contribution in [2.45, 2.75) is 18.5 Å². The molecular weight excluding hydrogens is 362 g/mol. The van der Waals surface area contributed by atoms with Gasteiger partial charge < -0.3 is 27.2 Å². The highest BCUT2D eigenvalue weighted by Gasteiger charge is 2.49. The van der Waals surface area contributed by atoms with E-state index < -0.39 is 35.7 Å². The Labute approximate surface area is 162 Å². The highest BCUT2D eigenvalue weighted by molar-refractivity contribution is 6.25. The number of pyridine rings is 1. The Morgan fingerprint density at radius 3 is 2.43 bits per heavy atom. The van der Waals surface area contributed by atoms with Crippen molar-refractivity contribution in [2.24, 2.45) is 5.73 Å². The zero-order valence-electron chi connectivity index (χ0n) is 15.6. The van der Waals surface area contributed by atoms with E-state index in [2.05, 4.69) is 4.98 Å². The number of carbonyl (C=O) groups excluding carboxylic acids is 3. The lowest BCUT2D eigenvalue weighted by Gasteiger charge is -2.37. The Hall–Kier alpha value is -3.30. The van der Waals surface area contributed by atoms with Crippen molar-refractivity contribution in [1.29, 1.82) is 0 Å². The molecule has 28 heavy (non-hydrogen) atoms. The first-order valence-corrected chi connectivity index (χ1v) is 8.44. The van der Waals surface area contributed by atoms with Gasteiger partial charge in [-0.05, 0) is 37.3 Å². The van der Waals surface area contributed by atoms with Gasteiger partial charge in [-0.25, -0.2) is 0 Å². The van der Waals surface area contributed by atoms with Crippen LogP contribution in [0.1, 0.15) is 27.8 Å². The molecule has 9 heteroatoms. The lowest BCUT2D eigenvalue weighted by atomic mass is 9.82. The highest BCUT2D eigenvalue weighted by atomic mass is 16.3. The number of hydrogen-bond donors (Lipinski definition) is 4. The normalized spacial score (nSPS) is 14.0. The molecule has 9 nitrogen and oxygen atoms in total. The van der Waals surface area contributed by atoms with Gasteiger partial charge in [0.05, 0.1) is 6.61 Å². The molecular formula is C19H23N5O4. The molecule has 0 saturated heterocycles. The molecule has 0 radical (unpaired) electrons. The predicted octanol–water partition coefficient (Wildman–Crippen LogP) is -0.152. The van der Waals surface area contributed by atoms with Crippen molar-refractivity contribution in [3.63, 3.8) is 0 Å². The minimum absolute atomic E-state index is 0.0102. The monoisotopic (exact) mass is 385 g/mol. The van der Waals surface area contributed by atoms with E-state index >= 15 is 0 Å². The average molecular weight is 385 g/mol. The number of anilines is 2. The molecule has 0 aliphatic carbocycles. The number of amides is 1. The standard InChI is InChI=1S/C19H23N5O4/c1-19(24(2)18(28)14(22)10-25,17(27)15-5-3-4-8-23-15)16(26)12-9-11(20)6-7-13(12)21/h3-9,14,25H,10,20-22H2,1-2H3. The quantitative estimate of drug-likeness (QED) is 0.290. The zero-order chi connectivity index (χ0) is 21.1. The van der Waals surface area contributed by atoms with Gasteiger partial charge in [0, 0.05) is 30.2 Å². The van der Waals surface area contributed by atoms with Crippen LogP contribution in [0.4, 0.5) is 11.4 Å². The number of Topliss-reactive ketones (excluding diaryl/α,β-unsaturated/α-hetero) is 2. The minimum atomic E-state index is -2.01. The summed E-state index contributed by atoms with van der Waals surface area (Å²) in [5.41, 5.74) is 15.6. The molecule has 0 fully saturated rings. The number of carbonyl (C=O) groups is 3. The second-order valence-electron chi connectivity index (χ2n) is 6.48. The molecule has 1 heterocycles. The van der Waals surface area contributed by atoms with Gasteiger partial charge in [-0.3, -0.25) is 19.4 Å². The largest absolute Gasteiger partial charge is 0.399 e. The number of aromatic nitrogens is 1. The number of nitrogens with zero attached hydrogens (tertiary/aromatic N) is 2.